The molecule has 0 spiro atoms. The van der Waals surface area contributed by atoms with E-state index in [4.69, 9.17) is 9.47 Å². The molecule has 0 atom stereocenters. The number of amides is 1. The Balaban J connectivity index is 1.74. The third kappa shape index (κ3) is 5.66. The molecule has 0 aromatic heterocycles. The van der Waals surface area contributed by atoms with Crippen molar-refractivity contribution in [1.29, 1.82) is 0 Å². The molecule has 1 fully saturated rings. The third-order valence-corrected chi connectivity index (χ3v) is 3.77. The van der Waals surface area contributed by atoms with Crippen LogP contribution in [-0.4, -0.2) is 45.4 Å². The second-order valence-corrected chi connectivity index (χ2v) is 5.55. The van der Waals surface area contributed by atoms with E-state index in [1.54, 1.807) is 7.11 Å². The summed E-state index contributed by atoms with van der Waals surface area (Å²) in [4.78, 5) is 12.1. The van der Waals surface area contributed by atoms with Crippen LogP contribution in [0.1, 0.15) is 36.0 Å². The third-order valence-electron chi connectivity index (χ3n) is 3.77. The molecule has 0 heterocycles. The van der Waals surface area contributed by atoms with E-state index in [9.17, 15) is 4.79 Å². The zero-order valence-corrected chi connectivity index (χ0v) is 13.3. The van der Waals surface area contributed by atoms with Crippen LogP contribution in [0.3, 0.4) is 0 Å². The zero-order valence-electron chi connectivity index (χ0n) is 13.3. The number of methoxy groups -OCH3 is 1. The van der Waals surface area contributed by atoms with Crippen LogP contribution < -0.4 is 15.4 Å². The molecule has 1 aromatic carbocycles. The average Bonchev–Trinajstić information content (AvgIpc) is 3.04. The summed E-state index contributed by atoms with van der Waals surface area (Å²) >= 11 is 0. The number of nitrogens with one attached hydrogen (secondary N) is 2. The van der Waals surface area contributed by atoms with Crippen molar-refractivity contribution in [2.45, 2.75) is 31.8 Å². The molecule has 0 radical (unpaired) electrons. The van der Waals surface area contributed by atoms with Crippen molar-refractivity contribution < 1.29 is 14.3 Å². The lowest BCUT2D eigenvalue weighted by Gasteiger charge is -2.14. The van der Waals surface area contributed by atoms with Gasteiger partial charge in [0.2, 0.25) is 0 Å². The van der Waals surface area contributed by atoms with E-state index in [0.717, 1.165) is 31.7 Å². The van der Waals surface area contributed by atoms with Crippen LogP contribution in [-0.2, 0) is 4.74 Å². The van der Waals surface area contributed by atoms with E-state index in [2.05, 4.69) is 10.6 Å². The Labute approximate surface area is 132 Å². The number of rotatable bonds is 9. The Bertz CT molecular complexity index is 459. The standard InChI is InChI=1S/C17H26N2O3/c1-21-12-11-18-9-10-19-17(20)14-5-4-8-16(13-14)22-15-6-2-3-7-15/h4-5,8,13,15,18H,2-3,6-7,9-12H2,1H3,(H,19,20). The van der Waals surface area contributed by atoms with Gasteiger partial charge in [0.05, 0.1) is 12.7 Å². The molecular weight excluding hydrogens is 280 g/mol. The van der Waals surface area contributed by atoms with Gasteiger partial charge in [0.1, 0.15) is 5.75 Å². The molecule has 0 saturated heterocycles. The summed E-state index contributed by atoms with van der Waals surface area (Å²) < 4.78 is 10.9. The summed E-state index contributed by atoms with van der Waals surface area (Å²) in [5.74, 6) is 0.725. The Hall–Kier alpha value is -1.59. The largest absolute Gasteiger partial charge is 0.490 e. The van der Waals surface area contributed by atoms with Crippen molar-refractivity contribution in [2.75, 3.05) is 33.4 Å². The highest BCUT2D eigenvalue weighted by atomic mass is 16.5. The monoisotopic (exact) mass is 306 g/mol. The lowest BCUT2D eigenvalue weighted by molar-refractivity contribution is 0.0953. The topological polar surface area (TPSA) is 59.6 Å². The fourth-order valence-corrected chi connectivity index (χ4v) is 2.58. The van der Waals surface area contributed by atoms with E-state index in [1.807, 2.05) is 24.3 Å². The molecule has 1 aromatic rings. The molecule has 122 valence electrons. The molecule has 1 aliphatic carbocycles. The molecule has 0 aliphatic heterocycles. The minimum absolute atomic E-state index is 0.0644. The first-order valence-corrected chi connectivity index (χ1v) is 8.04. The molecule has 1 aliphatic rings. The second-order valence-electron chi connectivity index (χ2n) is 5.55. The van der Waals surface area contributed by atoms with Crippen molar-refractivity contribution in [3.8, 4) is 5.75 Å². The first-order valence-electron chi connectivity index (χ1n) is 8.04. The first kappa shape index (κ1) is 16.8. The SMILES string of the molecule is COCCNCCNC(=O)c1cccc(OC2CCCC2)c1. The van der Waals surface area contributed by atoms with Gasteiger partial charge in [0.25, 0.3) is 5.91 Å². The van der Waals surface area contributed by atoms with Crippen LogP contribution >= 0.6 is 0 Å². The fraction of sp³-hybridized carbons (Fsp3) is 0.588. The molecule has 22 heavy (non-hydrogen) atoms. The molecule has 0 unspecified atom stereocenters. The molecular formula is C17H26N2O3. The van der Waals surface area contributed by atoms with E-state index in [1.165, 1.54) is 12.8 Å². The van der Waals surface area contributed by atoms with Gasteiger partial charge in [-0.25, -0.2) is 0 Å². The van der Waals surface area contributed by atoms with Gasteiger partial charge in [-0.3, -0.25) is 4.79 Å². The maximum Gasteiger partial charge on any atom is 0.251 e. The quantitative estimate of drug-likeness (QED) is 0.685. The molecule has 5 heteroatoms. The maximum absolute atomic E-state index is 12.1. The van der Waals surface area contributed by atoms with Crippen molar-refractivity contribution in [3.05, 3.63) is 29.8 Å². The van der Waals surface area contributed by atoms with Crippen LogP contribution in [0.2, 0.25) is 0 Å². The van der Waals surface area contributed by atoms with Gasteiger partial charge in [0.15, 0.2) is 0 Å². The summed E-state index contributed by atoms with van der Waals surface area (Å²) in [6.45, 7) is 2.79. The smallest absolute Gasteiger partial charge is 0.251 e. The molecule has 5 nitrogen and oxygen atoms in total. The Kier molecular flexibility index (Phi) is 7.19. The van der Waals surface area contributed by atoms with Crippen LogP contribution in [0.5, 0.6) is 5.75 Å². The Morgan fingerprint density at radius 3 is 2.82 bits per heavy atom. The van der Waals surface area contributed by atoms with Gasteiger partial charge < -0.3 is 20.1 Å². The van der Waals surface area contributed by atoms with Crippen molar-refractivity contribution in [1.82, 2.24) is 10.6 Å². The molecule has 1 amide bonds. The van der Waals surface area contributed by atoms with Gasteiger partial charge in [-0.2, -0.15) is 0 Å². The molecule has 0 bridgehead atoms. The maximum atomic E-state index is 12.1. The van der Waals surface area contributed by atoms with E-state index >= 15 is 0 Å². The number of carbonyl (C=O) groups is 1. The predicted molar refractivity (Wildman–Crippen MR) is 86.4 cm³/mol. The number of ether oxygens (including phenoxy) is 2. The number of hydrogen-bond acceptors (Lipinski definition) is 4. The van der Waals surface area contributed by atoms with Crippen molar-refractivity contribution in [3.63, 3.8) is 0 Å². The van der Waals surface area contributed by atoms with Crippen LogP contribution in [0.4, 0.5) is 0 Å². The van der Waals surface area contributed by atoms with Gasteiger partial charge in [-0.1, -0.05) is 6.07 Å². The summed E-state index contributed by atoms with van der Waals surface area (Å²) in [6.07, 6.45) is 5.01. The van der Waals surface area contributed by atoms with Crippen LogP contribution in [0, 0.1) is 0 Å². The lowest BCUT2D eigenvalue weighted by atomic mass is 10.2. The Morgan fingerprint density at radius 1 is 1.23 bits per heavy atom. The summed E-state index contributed by atoms with van der Waals surface area (Å²) in [5.41, 5.74) is 0.646. The van der Waals surface area contributed by atoms with Crippen molar-refractivity contribution in [2.24, 2.45) is 0 Å². The van der Waals surface area contributed by atoms with Gasteiger partial charge in [0, 0.05) is 32.3 Å². The average molecular weight is 306 g/mol. The Morgan fingerprint density at radius 2 is 2.05 bits per heavy atom. The van der Waals surface area contributed by atoms with E-state index in [0.29, 0.717) is 24.8 Å². The van der Waals surface area contributed by atoms with Crippen LogP contribution in [0.25, 0.3) is 0 Å². The van der Waals surface area contributed by atoms with E-state index < -0.39 is 0 Å². The number of benzene rings is 1. The summed E-state index contributed by atoms with van der Waals surface area (Å²) in [7, 11) is 1.67. The fourth-order valence-electron chi connectivity index (χ4n) is 2.58. The normalized spacial score (nSPS) is 15.0. The highest BCUT2D eigenvalue weighted by Crippen LogP contribution is 2.24. The van der Waals surface area contributed by atoms with Crippen LogP contribution in [0.15, 0.2) is 24.3 Å². The minimum atomic E-state index is -0.0644. The second kappa shape index (κ2) is 9.43. The summed E-state index contributed by atoms with van der Waals surface area (Å²) in [6, 6.07) is 7.43. The molecule has 2 rings (SSSR count). The highest BCUT2D eigenvalue weighted by Gasteiger charge is 2.16. The molecule has 2 N–H and O–H groups in total. The van der Waals surface area contributed by atoms with Gasteiger partial charge >= 0.3 is 0 Å². The van der Waals surface area contributed by atoms with Gasteiger partial charge in [-0.05, 0) is 43.9 Å². The first-order chi connectivity index (χ1) is 10.8. The minimum Gasteiger partial charge on any atom is -0.490 e. The van der Waals surface area contributed by atoms with E-state index in [-0.39, 0.29) is 5.91 Å². The predicted octanol–water partition coefficient (Wildman–Crippen LogP) is 1.97. The lowest BCUT2D eigenvalue weighted by Crippen LogP contribution is -2.33. The number of carbonyl (C=O) groups excluding carboxylic acids is 1. The summed E-state index contributed by atoms with van der Waals surface area (Å²) in [5, 5.41) is 6.09. The number of hydrogen-bond donors (Lipinski definition) is 2. The highest BCUT2D eigenvalue weighted by molar-refractivity contribution is 5.94. The van der Waals surface area contributed by atoms with Crippen molar-refractivity contribution >= 4 is 5.91 Å². The molecule has 1 saturated carbocycles. The zero-order chi connectivity index (χ0) is 15.6. The van der Waals surface area contributed by atoms with Gasteiger partial charge in [-0.15, -0.1) is 0 Å².